The summed E-state index contributed by atoms with van der Waals surface area (Å²) in [5, 5.41) is 26.3. The van der Waals surface area contributed by atoms with E-state index >= 15 is 0 Å². The first-order valence-corrected chi connectivity index (χ1v) is 13.8. The summed E-state index contributed by atoms with van der Waals surface area (Å²) < 4.78 is 27.5. The lowest BCUT2D eigenvalue weighted by atomic mass is 9.90. The first kappa shape index (κ1) is 28.1. The van der Waals surface area contributed by atoms with Crippen LogP contribution in [0.4, 0.5) is 8.78 Å². The number of halogens is 2. The Morgan fingerprint density at radius 2 is 1.98 bits per heavy atom. The van der Waals surface area contributed by atoms with E-state index in [0.717, 1.165) is 23.4 Å². The Morgan fingerprint density at radius 3 is 2.70 bits per heavy atom. The van der Waals surface area contributed by atoms with Crippen molar-refractivity contribution >= 4 is 22.7 Å². The zero-order chi connectivity index (χ0) is 28.3. The molecule has 0 radical (unpaired) electrons. The second-order valence-electron chi connectivity index (χ2n) is 11.1. The predicted molar refractivity (Wildman–Crippen MR) is 144 cm³/mol. The molecule has 3 aromatic rings. The van der Waals surface area contributed by atoms with Gasteiger partial charge in [-0.3, -0.25) is 14.5 Å². The van der Waals surface area contributed by atoms with E-state index in [4.69, 9.17) is 0 Å². The van der Waals surface area contributed by atoms with Gasteiger partial charge in [-0.15, -0.1) is 0 Å². The van der Waals surface area contributed by atoms with E-state index in [1.165, 1.54) is 12.1 Å². The van der Waals surface area contributed by atoms with Crippen molar-refractivity contribution in [2.24, 2.45) is 0 Å². The van der Waals surface area contributed by atoms with Crippen LogP contribution in [0.2, 0.25) is 0 Å². The smallest absolute Gasteiger partial charge is 0.272 e. The number of aromatic nitrogens is 2. The third-order valence-electron chi connectivity index (χ3n) is 8.00. The highest BCUT2D eigenvalue weighted by Gasteiger charge is 2.39. The minimum Gasteiger partial charge on any atom is -0.388 e. The molecule has 0 saturated carbocycles. The number of fused-ring (bicyclic) bond motifs is 1. The standard InChI is InChI=1S/C29H35F2N5O4/c30-22-6-5-20(23(31)16-22)3-1-8-29(40,34-27(38)24-15-21-7-11-32-25(21)17-33-24)19-35-13-9-28(39,10-14-35)18-36-12-2-4-26(36)37/h5-7,11,15-17,32,39-40H,1-4,8-10,12-14,18-19H2,(H,34,38). The summed E-state index contributed by atoms with van der Waals surface area (Å²) in [4.78, 5) is 36.1. The van der Waals surface area contributed by atoms with E-state index in [2.05, 4.69) is 15.3 Å². The molecule has 0 aliphatic carbocycles. The Balaban J connectivity index is 1.25. The molecule has 2 fully saturated rings. The molecule has 2 saturated heterocycles. The van der Waals surface area contributed by atoms with Crippen molar-refractivity contribution in [1.82, 2.24) is 25.1 Å². The Hall–Kier alpha value is -3.41. The molecule has 1 atom stereocenters. The van der Waals surface area contributed by atoms with Crippen LogP contribution in [0, 0.1) is 11.6 Å². The molecular formula is C29H35F2N5O4. The number of aromatic amines is 1. The number of H-pyrrole nitrogens is 1. The number of likely N-dealkylation sites (tertiary alicyclic amines) is 2. The Kier molecular flexibility index (Phi) is 8.16. The summed E-state index contributed by atoms with van der Waals surface area (Å²) in [6, 6.07) is 6.86. The van der Waals surface area contributed by atoms with E-state index in [-0.39, 0.29) is 31.0 Å². The van der Waals surface area contributed by atoms with Gasteiger partial charge in [-0.2, -0.15) is 0 Å². The third kappa shape index (κ3) is 6.65. The molecule has 1 aromatic carbocycles. The number of piperidine rings is 1. The Bertz CT molecular complexity index is 1370. The van der Waals surface area contributed by atoms with Crippen LogP contribution in [-0.4, -0.2) is 85.8 Å². The van der Waals surface area contributed by atoms with Gasteiger partial charge in [-0.25, -0.2) is 13.8 Å². The first-order chi connectivity index (χ1) is 19.1. The van der Waals surface area contributed by atoms with Crippen molar-refractivity contribution in [3.63, 3.8) is 0 Å². The number of amides is 2. The summed E-state index contributed by atoms with van der Waals surface area (Å²) >= 11 is 0. The minimum atomic E-state index is -1.66. The lowest BCUT2D eigenvalue weighted by Crippen LogP contribution is -2.59. The molecule has 2 aliphatic heterocycles. The molecule has 40 heavy (non-hydrogen) atoms. The van der Waals surface area contributed by atoms with Crippen LogP contribution >= 0.6 is 0 Å². The number of hydrogen-bond donors (Lipinski definition) is 4. The number of aryl methyl sites for hydroxylation is 1. The number of carbonyl (C=O) groups excluding carboxylic acids is 2. The maximum atomic E-state index is 14.2. The fraction of sp³-hybridized carbons (Fsp3) is 0.483. The van der Waals surface area contributed by atoms with E-state index in [9.17, 15) is 28.6 Å². The number of benzene rings is 1. The van der Waals surface area contributed by atoms with Crippen LogP contribution in [0.15, 0.2) is 42.7 Å². The molecule has 0 bridgehead atoms. The number of β-amino-alcohol motifs (C(OH)–C–C–N with tert-alkyl or cyclic N) is 2. The largest absolute Gasteiger partial charge is 0.388 e. The lowest BCUT2D eigenvalue weighted by molar-refractivity contribution is -0.132. The fourth-order valence-corrected chi connectivity index (χ4v) is 5.71. The van der Waals surface area contributed by atoms with Crippen LogP contribution in [0.1, 0.15) is 54.6 Å². The predicted octanol–water partition coefficient (Wildman–Crippen LogP) is 2.73. The molecule has 4 heterocycles. The van der Waals surface area contributed by atoms with Gasteiger partial charge < -0.3 is 25.4 Å². The molecular weight excluding hydrogens is 520 g/mol. The zero-order valence-electron chi connectivity index (χ0n) is 22.3. The highest BCUT2D eigenvalue weighted by Crippen LogP contribution is 2.27. The van der Waals surface area contributed by atoms with Crippen molar-refractivity contribution in [3.05, 3.63) is 65.6 Å². The second-order valence-corrected chi connectivity index (χ2v) is 11.1. The first-order valence-electron chi connectivity index (χ1n) is 13.8. The maximum absolute atomic E-state index is 14.2. The Morgan fingerprint density at radius 1 is 1.18 bits per heavy atom. The number of aliphatic hydroxyl groups is 2. The molecule has 4 N–H and O–H groups in total. The van der Waals surface area contributed by atoms with E-state index < -0.39 is 28.9 Å². The molecule has 0 spiro atoms. The molecule has 5 rings (SSSR count). The van der Waals surface area contributed by atoms with Crippen molar-refractivity contribution in [3.8, 4) is 0 Å². The van der Waals surface area contributed by atoms with Crippen molar-refractivity contribution in [2.75, 3.05) is 32.7 Å². The van der Waals surface area contributed by atoms with Gasteiger partial charge >= 0.3 is 0 Å². The van der Waals surface area contributed by atoms with Crippen molar-refractivity contribution < 1.29 is 28.6 Å². The second kappa shape index (κ2) is 11.6. The molecule has 214 valence electrons. The molecule has 2 aliphatic rings. The van der Waals surface area contributed by atoms with E-state index in [0.29, 0.717) is 57.4 Å². The quantitative estimate of drug-likeness (QED) is 0.286. The normalized spacial score (nSPS) is 19.2. The number of nitrogens with one attached hydrogen (secondary N) is 2. The number of nitrogens with zero attached hydrogens (tertiary/aromatic N) is 3. The zero-order valence-corrected chi connectivity index (χ0v) is 22.3. The Labute approximate surface area is 231 Å². The van der Waals surface area contributed by atoms with Gasteiger partial charge in [-0.1, -0.05) is 6.07 Å². The fourth-order valence-electron chi connectivity index (χ4n) is 5.71. The van der Waals surface area contributed by atoms with Gasteiger partial charge in [-0.05, 0) is 62.3 Å². The van der Waals surface area contributed by atoms with Gasteiger partial charge in [0.05, 0.1) is 17.3 Å². The summed E-state index contributed by atoms with van der Waals surface area (Å²) in [6.07, 6.45) is 6.17. The SMILES string of the molecule is O=C(NC(O)(CCCc1ccc(F)cc1F)CN1CCC(O)(CN2CCCC2=O)CC1)c1cc2cc[nH]c2cn1. The number of hydrogen-bond acceptors (Lipinski definition) is 6. The van der Waals surface area contributed by atoms with Gasteiger partial charge in [0.1, 0.15) is 17.3 Å². The summed E-state index contributed by atoms with van der Waals surface area (Å²) in [7, 11) is 0. The highest BCUT2D eigenvalue weighted by molar-refractivity contribution is 5.96. The van der Waals surface area contributed by atoms with Crippen molar-refractivity contribution in [1.29, 1.82) is 0 Å². The van der Waals surface area contributed by atoms with Gasteiger partial charge in [0.2, 0.25) is 5.91 Å². The summed E-state index contributed by atoms with van der Waals surface area (Å²) in [5.41, 5.74) is -1.39. The van der Waals surface area contributed by atoms with Crippen LogP contribution in [-0.2, 0) is 11.2 Å². The van der Waals surface area contributed by atoms with Crippen LogP contribution < -0.4 is 5.32 Å². The number of rotatable bonds is 10. The summed E-state index contributed by atoms with van der Waals surface area (Å²) in [6.45, 7) is 1.99. The molecule has 2 aromatic heterocycles. The average molecular weight is 556 g/mol. The van der Waals surface area contributed by atoms with Gasteiger partial charge in [0.25, 0.3) is 5.91 Å². The van der Waals surface area contributed by atoms with Crippen molar-refractivity contribution in [2.45, 2.75) is 56.3 Å². The summed E-state index contributed by atoms with van der Waals surface area (Å²) in [5.74, 6) is -1.78. The minimum absolute atomic E-state index is 0.0666. The molecule has 9 nitrogen and oxygen atoms in total. The molecule has 2 amide bonds. The van der Waals surface area contributed by atoms with Crippen LogP contribution in [0.3, 0.4) is 0 Å². The number of carbonyl (C=O) groups is 2. The van der Waals surface area contributed by atoms with Gasteiger partial charge in [0.15, 0.2) is 5.72 Å². The van der Waals surface area contributed by atoms with Crippen LogP contribution in [0.5, 0.6) is 0 Å². The monoisotopic (exact) mass is 555 g/mol. The van der Waals surface area contributed by atoms with E-state index in [1.807, 2.05) is 11.0 Å². The molecule has 1 unspecified atom stereocenters. The maximum Gasteiger partial charge on any atom is 0.272 e. The lowest BCUT2D eigenvalue weighted by Gasteiger charge is -2.43. The van der Waals surface area contributed by atoms with E-state index in [1.54, 1.807) is 23.4 Å². The van der Waals surface area contributed by atoms with Gasteiger partial charge in [0, 0.05) is 56.8 Å². The van der Waals surface area contributed by atoms with Crippen LogP contribution in [0.25, 0.3) is 10.9 Å². The average Bonchev–Trinajstić information content (AvgIpc) is 3.55. The highest BCUT2D eigenvalue weighted by atomic mass is 19.1. The topological polar surface area (TPSA) is 122 Å². The third-order valence-corrected chi connectivity index (χ3v) is 8.00. The molecule has 11 heteroatoms. The number of pyridine rings is 1.